The third kappa shape index (κ3) is 7.11. The highest BCUT2D eigenvalue weighted by atomic mass is 16.6. The zero-order valence-electron chi connectivity index (χ0n) is 20.5. The molecule has 0 saturated heterocycles. The number of nitrogens with zero attached hydrogens (tertiary/aromatic N) is 1. The molecule has 3 amide bonds. The van der Waals surface area contributed by atoms with Crippen LogP contribution in [0.5, 0.6) is 11.5 Å². The van der Waals surface area contributed by atoms with Crippen LogP contribution in [0.2, 0.25) is 0 Å². The van der Waals surface area contributed by atoms with Gasteiger partial charge in [0.25, 0.3) is 5.91 Å². The molecule has 0 heterocycles. The second-order valence-corrected chi connectivity index (χ2v) is 9.46. The van der Waals surface area contributed by atoms with Gasteiger partial charge in [-0.3, -0.25) is 9.59 Å². The first-order valence-corrected chi connectivity index (χ1v) is 11.6. The highest BCUT2D eigenvalue weighted by Gasteiger charge is 2.39. The summed E-state index contributed by atoms with van der Waals surface area (Å²) in [6.45, 7) is 4.87. The second-order valence-electron chi connectivity index (χ2n) is 9.46. The Balaban J connectivity index is 1.87. The minimum Gasteiger partial charge on any atom is -0.508 e. The first kappa shape index (κ1) is 25.9. The standard InChI is InChI=1S/C26H33N3O6/c1-26(2,3)35-25(33)27-16-22(31)29(19-8-6-9-19)23(17-7-5-10-20(30)15-17)24(32)28-18-11-13-21(34-4)14-12-18/h5,7,10-15,19,23,30H,6,8-9,16H2,1-4H3,(H,27,33)(H,28,32). The highest BCUT2D eigenvalue weighted by molar-refractivity contribution is 5.98. The molecule has 1 unspecified atom stereocenters. The molecule has 35 heavy (non-hydrogen) atoms. The fourth-order valence-electron chi connectivity index (χ4n) is 3.79. The summed E-state index contributed by atoms with van der Waals surface area (Å²) in [6, 6.07) is 12.0. The van der Waals surface area contributed by atoms with Crippen LogP contribution in [-0.2, 0) is 14.3 Å². The average molecular weight is 484 g/mol. The number of ether oxygens (including phenoxy) is 2. The van der Waals surface area contributed by atoms with E-state index in [0.717, 1.165) is 19.3 Å². The molecule has 1 aliphatic carbocycles. The number of phenolic OH excluding ortho intramolecular Hbond substituents is 1. The van der Waals surface area contributed by atoms with Crippen molar-refractivity contribution in [1.29, 1.82) is 0 Å². The Morgan fingerprint density at radius 2 is 1.80 bits per heavy atom. The molecule has 0 aromatic heterocycles. The lowest BCUT2D eigenvalue weighted by molar-refractivity contribution is -0.143. The molecule has 2 aromatic carbocycles. The van der Waals surface area contributed by atoms with Gasteiger partial charge in [0.1, 0.15) is 29.7 Å². The summed E-state index contributed by atoms with van der Waals surface area (Å²) in [6.07, 6.45) is 1.70. The monoisotopic (exact) mass is 483 g/mol. The SMILES string of the molecule is COc1ccc(NC(=O)C(c2cccc(O)c2)N(C(=O)CNC(=O)OC(C)(C)C)C2CCC2)cc1. The number of hydrogen-bond acceptors (Lipinski definition) is 6. The Bertz CT molecular complexity index is 1040. The average Bonchev–Trinajstić information content (AvgIpc) is 2.75. The zero-order chi connectivity index (χ0) is 25.6. The van der Waals surface area contributed by atoms with Gasteiger partial charge in [0.2, 0.25) is 5.91 Å². The number of benzene rings is 2. The number of rotatable bonds is 8. The van der Waals surface area contributed by atoms with Crippen molar-refractivity contribution < 1.29 is 29.0 Å². The molecule has 0 bridgehead atoms. The molecule has 9 nitrogen and oxygen atoms in total. The number of aromatic hydroxyl groups is 1. The quantitative estimate of drug-likeness (QED) is 0.523. The van der Waals surface area contributed by atoms with E-state index in [2.05, 4.69) is 10.6 Å². The molecular weight excluding hydrogens is 450 g/mol. The van der Waals surface area contributed by atoms with E-state index in [9.17, 15) is 19.5 Å². The highest BCUT2D eigenvalue weighted by Crippen LogP contribution is 2.34. The summed E-state index contributed by atoms with van der Waals surface area (Å²) in [7, 11) is 1.55. The predicted octanol–water partition coefficient (Wildman–Crippen LogP) is 3.99. The maximum absolute atomic E-state index is 13.6. The maximum atomic E-state index is 13.6. The number of phenols is 1. The molecule has 2 aromatic rings. The molecule has 9 heteroatoms. The van der Waals surface area contributed by atoms with Crippen molar-refractivity contribution >= 4 is 23.6 Å². The molecular formula is C26H33N3O6. The molecule has 0 aliphatic heterocycles. The summed E-state index contributed by atoms with van der Waals surface area (Å²) in [5.74, 6) is -0.221. The van der Waals surface area contributed by atoms with Crippen LogP contribution in [0.4, 0.5) is 10.5 Å². The lowest BCUT2D eigenvalue weighted by atomic mass is 9.88. The molecule has 1 saturated carbocycles. The normalized spacial score (nSPS) is 14.3. The van der Waals surface area contributed by atoms with Crippen LogP contribution < -0.4 is 15.4 Å². The smallest absolute Gasteiger partial charge is 0.408 e. The molecule has 1 atom stereocenters. The lowest BCUT2D eigenvalue weighted by Gasteiger charge is -2.42. The third-order valence-corrected chi connectivity index (χ3v) is 5.61. The van der Waals surface area contributed by atoms with E-state index >= 15 is 0 Å². The Labute approximate surface area is 205 Å². The summed E-state index contributed by atoms with van der Waals surface area (Å²) in [5, 5.41) is 15.4. The first-order chi connectivity index (χ1) is 16.6. The van der Waals surface area contributed by atoms with Gasteiger partial charge in [-0.1, -0.05) is 12.1 Å². The zero-order valence-corrected chi connectivity index (χ0v) is 20.5. The van der Waals surface area contributed by atoms with Crippen LogP contribution in [0.3, 0.4) is 0 Å². The number of amides is 3. The van der Waals surface area contributed by atoms with Gasteiger partial charge in [0, 0.05) is 11.7 Å². The number of hydrogen-bond donors (Lipinski definition) is 3. The van der Waals surface area contributed by atoms with Crippen LogP contribution in [0, 0.1) is 0 Å². The number of methoxy groups -OCH3 is 1. The lowest BCUT2D eigenvalue weighted by Crippen LogP contribution is -2.53. The van der Waals surface area contributed by atoms with Crippen LogP contribution in [0.25, 0.3) is 0 Å². The van der Waals surface area contributed by atoms with Crippen LogP contribution in [-0.4, -0.2) is 53.2 Å². The molecule has 1 fully saturated rings. The Morgan fingerprint density at radius 3 is 2.34 bits per heavy atom. The number of anilines is 1. The van der Waals surface area contributed by atoms with Gasteiger partial charge in [-0.15, -0.1) is 0 Å². The van der Waals surface area contributed by atoms with E-state index in [4.69, 9.17) is 9.47 Å². The van der Waals surface area contributed by atoms with Gasteiger partial charge >= 0.3 is 6.09 Å². The Kier molecular flexibility index (Phi) is 8.22. The van der Waals surface area contributed by atoms with Crippen molar-refractivity contribution in [3.8, 4) is 11.5 Å². The minimum atomic E-state index is -1.01. The first-order valence-electron chi connectivity index (χ1n) is 11.6. The van der Waals surface area contributed by atoms with E-state index in [1.54, 1.807) is 64.3 Å². The summed E-state index contributed by atoms with van der Waals surface area (Å²) in [4.78, 5) is 40.6. The Hall–Kier alpha value is -3.75. The predicted molar refractivity (Wildman–Crippen MR) is 131 cm³/mol. The Morgan fingerprint density at radius 1 is 1.11 bits per heavy atom. The van der Waals surface area contributed by atoms with Crippen molar-refractivity contribution in [2.45, 2.75) is 57.7 Å². The van der Waals surface area contributed by atoms with E-state index < -0.39 is 29.6 Å². The van der Waals surface area contributed by atoms with Crippen molar-refractivity contribution in [3.63, 3.8) is 0 Å². The fraction of sp³-hybridized carbons (Fsp3) is 0.423. The van der Waals surface area contributed by atoms with Gasteiger partial charge in [0.05, 0.1) is 7.11 Å². The van der Waals surface area contributed by atoms with Crippen molar-refractivity contribution in [1.82, 2.24) is 10.2 Å². The van der Waals surface area contributed by atoms with E-state index in [0.29, 0.717) is 17.0 Å². The van der Waals surface area contributed by atoms with Crippen LogP contribution in [0.15, 0.2) is 48.5 Å². The van der Waals surface area contributed by atoms with Gasteiger partial charge < -0.3 is 30.1 Å². The number of alkyl carbamates (subject to hydrolysis) is 1. The number of carbonyl (C=O) groups excluding carboxylic acids is 3. The summed E-state index contributed by atoms with van der Waals surface area (Å²) in [5.41, 5.74) is 0.297. The molecule has 188 valence electrons. The molecule has 3 N–H and O–H groups in total. The molecule has 1 aliphatic rings. The van der Waals surface area contributed by atoms with Crippen molar-refractivity contribution in [2.24, 2.45) is 0 Å². The number of carbonyl (C=O) groups is 3. The minimum absolute atomic E-state index is 0.0161. The van der Waals surface area contributed by atoms with E-state index in [-0.39, 0.29) is 18.3 Å². The molecule has 0 radical (unpaired) electrons. The third-order valence-electron chi connectivity index (χ3n) is 5.61. The summed E-state index contributed by atoms with van der Waals surface area (Å²) < 4.78 is 10.4. The second kappa shape index (κ2) is 11.1. The maximum Gasteiger partial charge on any atom is 0.408 e. The number of nitrogens with one attached hydrogen (secondary N) is 2. The molecule has 0 spiro atoms. The van der Waals surface area contributed by atoms with Crippen LogP contribution >= 0.6 is 0 Å². The largest absolute Gasteiger partial charge is 0.508 e. The van der Waals surface area contributed by atoms with Gasteiger partial charge in [0.15, 0.2) is 0 Å². The van der Waals surface area contributed by atoms with Crippen LogP contribution in [0.1, 0.15) is 51.6 Å². The van der Waals surface area contributed by atoms with Gasteiger partial charge in [-0.25, -0.2) is 4.79 Å². The fourth-order valence-corrected chi connectivity index (χ4v) is 3.79. The molecule has 3 rings (SSSR count). The van der Waals surface area contributed by atoms with E-state index in [1.807, 2.05) is 0 Å². The van der Waals surface area contributed by atoms with Gasteiger partial charge in [-0.05, 0) is 82.0 Å². The van der Waals surface area contributed by atoms with Crippen molar-refractivity contribution in [2.75, 3.05) is 19.0 Å². The topological polar surface area (TPSA) is 117 Å². The van der Waals surface area contributed by atoms with Gasteiger partial charge in [-0.2, -0.15) is 0 Å². The van der Waals surface area contributed by atoms with E-state index in [1.165, 1.54) is 17.0 Å². The summed E-state index contributed by atoms with van der Waals surface area (Å²) >= 11 is 0. The van der Waals surface area contributed by atoms with Crippen molar-refractivity contribution in [3.05, 3.63) is 54.1 Å².